The van der Waals surface area contributed by atoms with Crippen molar-refractivity contribution in [2.75, 3.05) is 13.2 Å². The number of hydrogen-bond donors (Lipinski definition) is 0. The Kier molecular flexibility index (Phi) is 49.4. The van der Waals surface area contributed by atoms with Gasteiger partial charge >= 0.3 is 17.9 Å². The van der Waals surface area contributed by atoms with Crippen molar-refractivity contribution in [1.82, 2.24) is 0 Å². The third-order valence-electron chi connectivity index (χ3n) is 11.1. The Morgan fingerprint density at radius 3 is 1.00 bits per heavy atom. The molecule has 0 heterocycles. The maximum absolute atomic E-state index is 12.8. The topological polar surface area (TPSA) is 78.9 Å². The van der Waals surface area contributed by atoms with Crippen LogP contribution >= 0.6 is 0 Å². The fourth-order valence-corrected chi connectivity index (χ4v) is 7.15. The molecule has 0 rings (SSSR count). The van der Waals surface area contributed by atoms with Crippen molar-refractivity contribution < 1.29 is 28.6 Å². The molecule has 366 valence electrons. The molecule has 0 aromatic heterocycles. The Hall–Kier alpha value is -3.41. The summed E-state index contributed by atoms with van der Waals surface area (Å²) in [5, 5.41) is 0. The summed E-state index contributed by atoms with van der Waals surface area (Å²) in [4.78, 5) is 38.0. The van der Waals surface area contributed by atoms with Crippen LogP contribution in [0.3, 0.4) is 0 Å². The van der Waals surface area contributed by atoms with Crippen LogP contribution in [0.2, 0.25) is 0 Å². The van der Waals surface area contributed by atoms with Gasteiger partial charge < -0.3 is 14.2 Å². The molecule has 0 amide bonds. The van der Waals surface area contributed by atoms with Gasteiger partial charge in [0, 0.05) is 19.3 Å². The highest BCUT2D eigenvalue weighted by atomic mass is 16.6. The molecule has 0 aliphatic rings. The molecule has 6 nitrogen and oxygen atoms in total. The van der Waals surface area contributed by atoms with E-state index in [1.165, 1.54) is 83.5 Å². The van der Waals surface area contributed by atoms with E-state index in [0.717, 1.165) is 122 Å². The van der Waals surface area contributed by atoms with E-state index in [0.29, 0.717) is 19.3 Å². The lowest BCUT2D eigenvalue weighted by atomic mass is 10.0. The van der Waals surface area contributed by atoms with Gasteiger partial charge in [-0.2, -0.15) is 0 Å². The molecule has 0 saturated carbocycles. The summed E-state index contributed by atoms with van der Waals surface area (Å²) in [6, 6.07) is 0. The van der Waals surface area contributed by atoms with Gasteiger partial charge in [-0.25, -0.2) is 0 Å². The zero-order valence-corrected chi connectivity index (χ0v) is 41.8. The van der Waals surface area contributed by atoms with Crippen molar-refractivity contribution in [2.24, 2.45) is 0 Å². The Morgan fingerprint density at radius 2 is 0.609 bits per heavy atom. The number of ether oxygens (including phenoxy) is 3. The second-order valence-corrected chi connectivity index (χ2v) is 17.4. The minimum Gasteiger partial charge on any atom is -0.462 e. The summed E-state index contributed by atoms with van der Waals surface area (Å²) in [6.45, 7) is 6.46. The Morgan fingerprint density at radius 1 is 0.328 bits per heavy atom. The summed E-state index contributed by atoms with van der Waals surface area (Å²) in [7, 11) is 0. The molecular weight excluding hydrogens is 793 g/mol. The van der Waals surface area contributed by atoms with Crippen molar-refractivity contribution in [2.45, 2.75) is 252 Å². The Balaban J connectivity index is 4.45. The van der Waals surface area contributed by atoms with Crippen molar-refractivity contribution in [3.63, 3.8) is 0 Å². The molecule has 0 unspecified atom stereocenters. The van der Waals surface area contributed by atoms with E-state index < -0.39 is 6.10 Å². The third kappa shape index (κ3) is 49.6. The summed E-state index contributed by atoms with van der Waals surface area (Å²) in [5.41, 5.74) is 0. The minimum atomic E-state index is -0.796. The number of carbonyl (C=O) groups excluding carboxylic acids is 3. The SMILES string of the molecule is CC/C=C\C/C=C\C/C=C\C/C=C\C/C=C\CCCCCC(=O)OC[C@H](COC(=O)CCCCCCCCCCCCCC)OC(=O)CCCCCCC/C=C\C/C=C\CCCCC. The van der Waals surface area contributed by atoms with E-state index in [-0.39, 0.29) is 31.1 Å². The smallest absolute Gasteiger partial charge is 0.306 e. The standard InChI is InChI=1S/C58H98O6/c1-4-7-10-13-16-19-22-25-27-28-29-30-32-33-36-39-42-45-48-51-57(60)63-54-55(53-62-56(59)50-47-44-41-38-35-24-21-18-15-12-9-6-3)64-58(61)52-49-46-43-40-37-34-31-26-23-20-17-14-11-8-5-2/h7,10,16-17,19-20,25-27,29-31,33,36,55H,4-6,8-9,11-15,18,21-24,28,32,34-35,37-54H2,1-3H3/b10-7-,19-16-,20-17-,27-25-,30-29-,31-26-,36-33-/t55-/m0/s1. The van der Waals surface area contributed by atoms with Crippen LogP contribution in [0.1, 0.15) is 245 Å². The fourth-order valence-electron chi connectivity index (χ4n) is 7.15. The summed E-state index contributed by atoms with van der Waals surface area (Å²) in [5.74, 6) is -0.938. The second-order valence-electron chi connectivity index (χ2n) is 17.4. The molecule has 0 aromatic carbocycles. The first-order valence-electron chi connectivity index (χ1n) is 26.6. The molecule has 0 radical (unpaired) electrons. The molecule has 0 bridgehead atoms. The average molecular weight is 891 g/mol. The highest BCUT2D eigenvalue weighted by molar-refractivity contribution is 5.71. The van der Waals surface area contributed by atoms with Crippen molar-refractivity contribution in [3.05, 3.63) is 85.1 Å². The van der Waals surface area contributed by atoms with E-state index >= 15 is 0 Å². The number of rotatable bonds is 47. The predicted octanol–water partition coefficient (Wildman–Crippen LogP) is 17.6. The molecule has 0 saturated heterocycles. The van der Waals surface area contributed by atoms with E-state index in [2.05, 4.69) is 106 Å². The van der Waals surface area contributed by atoms with Gasteiger partial charge in [0.25, 0.3) is 0 Å². The number of esters is 3. The van der Waals surface area contributed by atoms with Gasteiger partial charge in [-0.05, 0) is 96.3 Å². The Bertz CT molecular complexity index is 1250. The van der Waals surface area contributed by atoms with Crippen LogP contribution in [-0.4, -0.2) is 37.2 Å². The molecule has 0 aliphatic heterocycles. The van der Waals surface area contributed by atoms with Crippen LogP contribution in [0.5, 0.6) is 0 Å². The summed E-state index contributed by atoms with van der Waals surface area (Å²) < 4.78 is 16.8. The largest absolute Gasteiger partial charge is 0.462 e. The van der Waals surface area contributed by atoms with E-state index in [1.54, 1.807) is 0 Å². The first-order valence-corrected chi connectivity index (χ1v) is 26.6. The number of allylic oxidation sites excluding steroid dienone is 14. The first-order chi connectivity index (χ1) is 31.5. The van der Waals surface area contributed by atoms with Crippen LogP contribution < -0.4 is 0 Å². The molecule has 0 aromatic rings. The minimum absolute atomic E-state index is 0.0917. The van der Waals surface area contributed by atoms with Gasteiger partial charge in [-0.1, -0.05) is 215 Å². The molecule has 6 heteroatoms. The monoisotopic (exact) mass is 891 g/mol. The first kappa shape index (κ1) is 60.6. The highest BCUT2D eigenvalue weighted by Crippen LogP contribution is 2.14. The molecule has 0 aliphatic carbocycles. The quantitative estimate of drug-likeness (QED) is 0.0262. The van der Waals surface area contributed by atoms with E-state index in [4.69, 9.17) is 14.2 Å². The van der Waals surface area contributed by atoms with Crippen LogP contribution in [0, 0.1) is 0 Å². The lowest BCUT2D eigenvalue weighted by Gasteiger charge is -2.18. The van der Waals surface area contributed by atoms with Crippen LogP contribution in [0.4, 0.5) is 0 Å². The number of carbonyl (C=O) groups is 3. The van der Waals surface area contributed by atoms with Gasteiger partial charge in [0.2, 0.25) is 0 Å². The van der Waals surface area contributed by atoms with Crippen LogP contribution in [0.25, 0.3) is 0 Å². The van der Waals surface area contributed by atoms with Crippen molar-refractivity contribution in [3.8, 4) is 0 Å². The van der Waals surface area contributed by atoms with E-state index in [9.17, 15) is 14.4 Å². The summed E-state index contributed by atoms with van der Waals surface area (Å²) >= 11 is 0. The van der Waals surface area contributed by atoms with Gasteiger partial charge in [0.05, 0.1) is 0 Å². The fraction of sp³-hybridized carbons (Fsp3) is 0.707. The number of hydrogen-bond acceptors (Lipinski definition) is 6. The third-order valence-corrected chi connectivity index (χ3v) is 11.1. The molecule has 0 N–H and O–H groups in total. The normalized spacial score (nSPS) is 12.7. The molecule has 0 fully saturated rings. The Labute approximate surface area is 395 Å². The molecular formula is C58H98O6. The highest BCUT2D eigenvalue weighted by Gasteiger charge is 2.19. The molecule has 1 atom stereocenters. The maximum atomic E-state index is 12.8. The lowest BCUT2D eigenvalue weighted by molar-refractivity contribution is -0.167. The van der Waals surface area contributed by atoms with Crippen LogP contribution in [-0.2, 0) is 28.6 Å². The lowest BCUT2D eigenvalue weighted by Crippen LogP contribution is -2.30. The zero-order valence-electron chi connectivity index (χ0n) is 41.8. The predicted molar refractivity (Wildman–Crippen MR) is 274 cm³/mol. The van der Waals surface area contributed by atoms with Gasteiger partial charge in [-0.15, -0.1) is 0 Å². The number of unbranched alkanes of at least 4 members (excludes halogenated alkanes) is 22. The van der Waals surface area contributed by atoms with Crippen LogP contribution in [0.15, 0.2) is 85.1 Å². The molecule has 64 heavy (non-hydrogen) atoms. The summed E-state index contributed by atoms with van der Waals surface area (Å²) in [6.07, 6.45) is 67.0. The maximum Gasteiger partial charge on any atom is 0.306 e. The van der Waals surface area contributed by atoms with Crippen molar-refractivity contribution >= 4 is 17.9 Å². The van der Waals surface area contributed by atoms with E-state index in [1.807, 2.05) is 0 Å². The molecule has 0 spiro atoms. The second kappa shape index (κ2) is 52.2. The van der Waals surface area contributed by atoms with Gasteiger partial charge in [-0.3, -0.25) is 14.4 Å². The zero-order chi connectivity index (χ0) is 46.5. The average Bonchev–Trinajstić information content (AvgIpc) is 3.29. The van der Waals surface area contributed by atoms with Crippen molar-refractivity contribution in [1.29, 1.82) is 0 Å². The van der Waals surface area contributed by atoms with Gasteiger partial charge in [0.1, 0.15) is 13.2 Å². The van der Waals surface area contributed by atoms with Gasteiger partial charge in [0.15, 0.2) is 6.10 Å².